The number of hydrogen-bond acceptors (Lipinski definition) is 2. The van der Waals surface area contributed by atoms with Crippen LogP contribution in [0.4, 0.5) is 0 Å². The van der Waals surface area contributed by atoms with Crippen LogP contribution in [0.1, 0.15) is 38.2 Å². The average Bonchev–Trinajstić information content (AvgIpc) is 2.90. The molecule has 1 aliphatic heterocycles. The van der Waals surface area contributed by atoms with Crippen LogP contribution in [0.5, 0.6) is 0 Å². The van der Waals surface area contributed by atoms with Gasteiger partial charge in [0, 0.05) is 31.4 Å². The van der Waals surface area contributed by atoms with Gasteiger partial charge in [0.25, 0.3) is 0 Å². The van der Waals surface area contributed by atoms with Gasteiger partial charge >= 0.3 is 0 Å². The highest BCUT2D eigenvalue weighted by atomic mass is 16.2. The van der Waals surface area contributed by atoms with E-state index in [0.29, 0.717) is 5.92 Å². The number of aromatic nitrogens is 2. The number of hydrogen-bond donors (Lipinski definition) is 1. The first-order chi connectivity index (χ1) is 9.66. The summed E-state index contributed by atoms with van der Waals surface area (Å²) in [6, 6.07) is 4.01. The smallest absolute Gasteiger partial charge is 0.225 e. The second-order valence-corrected chi connectivity index (χ2v) is 5.90. The number of carbonyl (C=O) groups excluding carboxylic acids is 1. The van der Waals surface area contributed by atoms with Gasteiger partial charge in [-0.3, -0.25) is 9.78 Å². The fourth-order valence-electron chi connectivity index (χ4n) is 3.06. The van der Waals surface area contributed by atoms with Gasteiger partial charge < -0.3 is 9.88 Å². The molecule has 0 saturated carbocycles. The van der Waals surface area contributed by atoms with E-state index in [-0.39, 0.29) is 11.8 Å². The van der Waals surface area contributed by atoms with Crippen molar-refractivity contribution in [1.82, 2.24) is 14.9 Å². The maximum atomic E-state index is 12.0. The highest BCUT2D eigenvalue weighted by molar-refractivity contribution is 5.80. The molecule has 0 bridgehead atoms. The van der Waals surface area contributed by atoms with E-state index in [2.05, 4.69) is 22.2 Å². The third kappa shape index (κ3) is 2.30. The third-order valence-corrected chi connectivity index (χ3v) is 4.20. The van der Waals surface area contributed by atoms with Crippen molar-refractivity contribution in [2.45, 2.75) is 32.6 Å². The highest BCUT2D eigenvalue weighted by Crippen LogP contribution is 2.32. The largest absolute Gasteiger partial charge is 0.360 e. The molecule has 106 valence electrons. The van der Waals surface area contributed by atoms with Crippen LogP contribution in [-0.2, 0) is 4.79 Å². The summed E-state index contributed by atoms with van der Waals surface area (Å²) in [5, 5.41) is 0. The number of piperidine rings is 1. The molecular formula is C16H21N3O. The fraction of sp³-hybridized carbons (Fsp3) is 0.500. The van der Waals surface area contributed by atoms with Crippen LogP contribution >= 0.6 is 0 Å². The van der Waals surface area contributed by atoms with Gasteiger partial charge in [0.1, 0.15) is 0 Å². The van der Waals surface area contributed by atoms with E-state index in [1.165, 1.54) is 5.56 Å². The van der Waals surface area contributed by atoms with Crippen molar-refractivity contribution in [3.05, 3.63) is 30.1 Å². The summed E-state index contributed by atoms with van der Waals surface area (Å²) < 4.78 is 0. The Kier molecular flexibility index (Phi) is 3.47. The first-order valence-electron chi connectivity index (χ1n) is 7.37. The van der Waals surface area contributed by atoms with Crippen molar-refractivity contribution < 1.29 is 4.79 Å². The molecular weight excluding hydrogens is 250 g/mol. The van der Waals surface area contributed by atoms with Gasteiger partial charge in [0.15, 0.2) is 0 Å². The molecule has 1 fully saturated rings. The molecule has 1 saturated heterocycles. The maximum absolute atomic E-state index is 12.0. The Morgan fingerprint density at radius 1 is 1.40 bits per heavy atom. The fourth-order valence-corrected chi connectivity index (χ4v) is 3.06. The number of aromatic amines is 1. The number of pyridine rings is 1. The minimum Gasteiger partial charge on any atom is -0.360 e. The monoisotopic (exact) mass is 271 g/mol. The van der Waals surface area contributed by atoms with Crippen LogP contribution in [0.3, 0.4) is 0 Å². The SMILES string of the molecule is CC(C)C(=O)N1CCC(c2c[nH]c3cccnc23)CC1. The van der Waals surface area contributed by atoms with Gasteiger partial charge in [0.05, 0.1) is 11.0 Å². The molecule has 0 unspecified atom stereocenters. The molecule has 2 aromatic rings. The highest BCUT2D eigenvalue weighted by Gasteiger charge is 2.26. The zero-order valence-electron chi connectivity index (χ0n) is 12.1. The summed E-state index contributed by atoms with van der Waals surface area (Å²) in [5.41, 5.74) is 3.49. The lowest BCUT2D eigenvalue weighted by Gasteiger charge is -2.33. The van der Waals surface area contributed by atoms with Gasteiger partial charge in [-0.15, -0.1) is 0 Å². The predicted octanol–water partition coefficient (Wildman–Crippen LogP) is 2.92. The number of H-pyrrole nitrogens is 1. The quantitative estimate of drug-likeness (QED) is 0.913. The molecule has 1 amide bonds. The summed E-state index contributed by atoms with van der Waals surface area (Å²) in [5.74, 6) is 0.886. The summed E-state index contributed by atoms with van der Waals surface area (Å²) in [4.78, 5) is 21.8. The van der Waals surface area contributed by atoms with Crippen LogP contribution in [-0.4, -0.2) is 33.9 Å². The molecule has 0 aliphatic carbocycles. The van der Waals surface area contributed by atoms with E-state index in [4.69, 9.17) is 0 Å². The van der Waals surface area contributed by atoms with Crippen molar-refractivity contribution in [3.8, 4) is 0 Å². The number of amides is 1. The molecule has 0 atom stereocenters. The van der Waals surface area contributed by atoms with Crippen molar-refractivity contribution in [2.75, 3.05) is 13.1 Å². The first-order valence-corrected chi connectivity index (χ1v) is 7.37. The zero-order valence-corrected chi connectivity index (χ0v) is 12.1. The molecule has 2 aromatic heterocycles. The lowest BCUT2D eigenvalue weighted by atomic mass is 9.90. The molecule has 0 spiro atoms. The number of nitrogens with one attached hydrogen (secondary N) is 1. The van der Waals surface area contributed by atoms with Crippen molar-refractivity contribution in [2.24, 2.45) is 5.92 Å². The third-order valence-electron chi connectivity index (χ3n) is 4.20. The summed E-state index contributed by atoms with van der Waals surface area (Å²) in [6.45, 7) is 5.67. The zero-order chi connectivity index (χ0) is 14.1. The van der Waals surface area contributed by atoms with Crippen LogP contribution in [0.2, 0.25) is 0 Å². The average molecular weight is 271 g/mol. The molecule has 1 N–H and O–H groups in total. The van der Waals surface area contributed by atoms with Crippen LogP contribution in [0.25, 0.3) is 11.0 Å². The van der Waals surface area contributed by atoms with Gasteiger partial charge in [-0.05, 0) is 36.5 Å². The number of likely N-dealkylation sites (tertiary alicyclic amines) is 1. The lowest BCUT2D eigenvalue weighted by Crippen LogP contribution is -2.40. The number of carbonyl (C=O) groups is 1. The summed E-state index contributed by atoms with van der Waals surface area (Å²) in [7, 11) is 0. The van der Waals surface area contributed by atoms with E-state index >= 15 is 0 Å². The standard InChI is InChI=1S/C16H21N3O/c1-11(2)16(20)19-8-5-12(6-9-19)13-10-18-14-4-3-7-17-15(13)14/h3-4,7,10-12,18H,5-6,8-9H2,1-2H3. The van der Waals surface area contributed by atoms with Crippen molar-refractivity contribution >= 4 is 16.9 Å². The molecule has 3 heterocycles. The number of rotatable bonds is 2. The predicted molar refractivity (Wildman–Crippen MR) is 79.5 cm³/mol. The summed E-state index contributed by atoms with van der Waals surface area (Å²) >= 11 is 0. The molecule has 3 rings (SSSR count). The topological polar surface area (TPSA) is 49.0 Å². The Morgan fingerprint density at radius 3 is 2.85 bits per heavy atom. The Morgan fingerprint density at radius 2 is 2.15 bits per heavy atom. The molecule has 0 aromatic carbocycles. The van der Waals surface area contributed by atoms with E-state index in [1.54, 1.807) is 0 Å². The second-order valence-electron chi connectivity index (χ2n) is 5.90. The van der Waals surface area contributed by atoms with Crippen LogP contribution in [0.15, 0.2) is 24.5 Å². The number of nitrogens with zero attached hydrogens (tertiary/aromatic N) is 2. The Balaban J connectivity index is 1.74. The summed E-state index contributed by atoms with van der Waals surface area (Å²) in [6.07, 6.45) is 5.99. The molecule has 4 nitrogen and oxygen atoms in total. The molecule has 20 heavy (non-hydrogen) atoms. The Bertz CT molecular complexity index is 609. The normalized spacial score (nSPS) is 17.1. The lowest BCUT2D eigenvalue weighted by molar-refractivity contribution is -0.135. The Labute approximate surface area is 119 Å². The molecule has 1 aliphatic rings. The van der Waals surface area contributed by atoms with Gasteiger partial charge in [-0.1, -0.05) is 13.8 Å². The van der Waals surface area contributed by atoms with E-state index in [0.717, 1.165) is 37.0 Å². The van der Waals surface area contributed by atoms with Crippen molar-refractivity contribution in [1.29, 1.82) is 0 Å². The van der Waals surface area contributed by atoms with E-state index in [1.807, 2.05) is 31.0 Å². The van der Waals surface area contributed by atoms with Gasteiger partial charge in [-0.2, -0.15) is 0 Å². The van der Waals surface area contributed by atoms with Crippen molar-refractivity contribution in [3.63, 3.8) is 0 Å². The van der Waals surface area contributed by atoms with Gasteiger partial charge in [0.2, 0.25) is 5.91 Å². The molecule has 4 heteroatoms. The molecule has 0 radical (unpaired) electrons. The van der Waals surface area contributed by atoms with Crippen LogP contribution < -0.4 is 0 Å². The minimum atomic E-state index is 0.0984. The number of fused-ring (bicyclic) bond motifs is 1. The maximum Gasteiger partial charge on any atom is 0.225 e. The van der Waals surface area contributed by atoms with Gasteiger partial charge in [-0.25, -0.2) is 0 Å². The minimum absolute atomic E-state index is 0.0984. The van der Waals surface area contributed by atoms with Crippen LogP contribution in [0, 0.1) is 5.92 Å². The van der Waals surface area contributed by atoms with E-state index < -0.39 is 0 Å². The first kappa shape index (κ1) is 13.2. The Hall–Kier alpha value is -1.84. The van der Waals surface area contributed by atoms with E-state index in [9.17, 15) is 4.79 Å². The second kappa shape index (κ2) is 5.27.